The van der Waals surface area contributed by atoms with E-state index in [1.807, 2.05) is 17.5 Å². The third-order valence-corrected chi connectivity index (χ3v) is 3.05. The van der Waals surface area contributed by atoms with Gasteiger partial charge in [-0.05, 0) is 23.6 Å². The lowest BCUT2D eigenvalue weighted by atomic mass is 10.3. The second kappa shape index (κ2) is 5.42. The molecule has 1 aromatic heterocycles. The third kappa shape index (κ3) is 3.14. The molecule has 0 spiro atoms. The normalized spacial score (nSPS) is 10.0. The molecule has 0 N–H and O–H groups in total. The number of hydrogen-bond donors (Lipinski definition) is 0. The van der Waals surface area contributed by atoms with E-state index < -0.39 is 4.92 Å². The van der Waals surface area contributed by atoms with E-state index in [1.54, 1.807) is 0 Å². The van der Waals surface area contributed by atoms with Gasteiger partial charge in [0.05, 0.1) is 11.3 Å². The Morgan fingerprint density at radius 1 is 1.28 bits per heavy atom. The van der Waals surface area contributed by atoms with Gasteiger partial charge in [0.15, 0.2) is 0 Å². The Hall–Kier alpha value is -2.21. The molecule has 1 aromatic carbocycles. The summed E-state index contributed by atoms with van der Waals surface area (Å²) in [4.78, 5) is 22.4. The van der Waals surface area contributed by atoms with Crippen LogP contribution in [0.25, 0.3) is 0 Å². The topological polar surface area (TPSA) is 69.4 Å². The molecule has 1 heterocycles. The number of nitrogens with zero attached hydrogens (tertiary/aromatic N) is 1. The molecule has 0 aliphatic heterocycles. The Labute approximate surface area is 107 Å². The standard InChI is InChI=1S/C12H9NO4S/c14-12(8-11-2-1-7-18-11)17-10-5-3-9(4-6-10)13(15)16/h1-7H,8H2. The molecule has 0 fully saturated rings. The van der Waals surface area contributed by atoms with Crippen molar-refractivity contribution in [1.82, 2.24) is 0 Å². The highest BCUT2D eigenvalue weighted by molar-refractivity contribution is 7.10. The van der Waals surface area contributed by atoms with Gasteiger partial charge in [0.25, 0.3) is 5.69 Å². The first-order valence-corrected chi connectivity index (χ1v) is 6.00. The quantitative estimate of drug-likeness (QED) is 0.368. The molecule has 2 aromatic rings. The van der Waals surface area contributed by atoms with Gasteiger partial charge in [-0.25, -0.2) is 0 Å². The second-order valence-electron chi connectivity index (χ2n) is 3.48. The predicted molar refractivity (Wildman–Crippen MR) is 66.8 cm³/mol. The molecule has 5 nitrogen and oxygen atoms in total. The van der Waals surface area contributed by atoms with Gasteiger partial charge in [-0.15, -0.1) is 11.3 Å². The highest BCUT2D eigenvalue weighted by Gasteiger charge is 2.09. The number of carbonyl (C=O) groups excluding carboxylic acids is 1. The van der Waals surface area contributed by atoms with Crippen LogP contribution < -0.4 is 4.74 Å². The lowest BCUT2D eigenvalue weighted by Crippen LogP contribution is -2.10. The van der Waals surface area contributed by atoms with Gasteiger partial charge in [-0.1, -0.05) is 6.07 Å². The summed E-state index contributed by atoms with van der Waals surface area (Å²) in [7, 11) is 0. The van der Waals surface area contributed by atoms with Crippen LogP contribution in [-0.2, 0) is 11.2 Å². The fourth-order valence-corrected chi connectivity index (χ4v) is 2.05. The van der Waals surface area contributed by atoms with Crippen LogP contribution in [-0.4, -0.2) is 10.9 Å². The minimum absolute atomic E-state index is 0.0342. The van der Waals surface area contributed by atoms with E-state index >= 15 is 0 Å². The maximum atomic E-state index is 11.5. The number of nitro benzene ring substituents is 1. The Morgan fingerprint density at radius 2 is 2.00 bits per heavy atom. The predicted octanol–water partition coefficient (Wildman–Crippen LogP) is 2.80. The van der Waals surface area contributed by atoms with E-state index in [1.165, 1.54) is 35.6 Å². The number of esters is 1. The molecule has 0 atom stereocenters. The van der Waals surface area contributed by atoms with Crippen LogP contribution in [0, 0.1) is 10.1 Å². The molecule has 0 saturated carbocycles. The molecule has 0 radical (unpaired) electrons. The maximum absolute atomic E-state index is 11.5. The number of rotatable bonds is 4. The molecular weight excluding hydrogens is 254 g/mol. The molecule has 0 aliphatic rings. The van der Waals surface area contributed by atoms with Crippen LogP contribution in [0.1, 0.15) is 4.88 Å². The molecular formula is C12H9NO4S. The van der Waals surface area contributed by atoms with Gasteiger partial charge >= 0.3 is 5.97 Å². The van der Waals surface area contributed by atoms with Crippen molar-refractivity contribution in [1.29, 1.82) is 0 Å². The van der Waals surface area contributed by atoms with Crippen molar-refractivity contribution in [2.75, 3.05) is 0 Å². The summed E-state index contributed by atoms with van der Waals surface area (Å²) in [5, 5.41) is 12.3. The van der Waals surface area contributed by atoms with E-state index in [4.69, 9.17) is 4.74 Å². The van der Waals surface area contributed by atoms with Gasteiger partial charge in [-0.3, -0.25) is 14.9 Å². The number of nitro groups is 1. The summed E-state index contributed by atoms with van der Waals surface area (Å²) >= 11 is 1.48. The lowest BCUT2D eigenvalue weighted by molar-refractivity contribution is -0.384. The summed E-state index contributed by atoms with van der Waals surface area (Å²) in [6.45, 7) is 0. The summed E-state index contributed by atoms with van der Waals surface area (Å²) in [5.41, 5.74) is -0.0342. The number of carbonyl (C=O) groups is 1. The van der Waals surface area contributed by atoms with Crippen molar-refractivity contribution in [3.63, 3.8) is 0 Å². The molecule has 92 valence electrons. The SMILES string of the molecule is O=C(Cc1cccs1)Oc1ccc([N+](=O)[O-])cc1. The fraction of sp³-hybridized carbons (Fsp3) is 0.0833. The van der Waals surface area contributed by atoms with Gasteiger partial charge in [0.1, 0.15) is 5.75 Å². The minimum atomic E-state index is -0.503. The van der Waals surface area contributed by atoms with Crippen molar-refractivity contribution in [2.45, 2.75) is 6.42 Å². The Balaban J connectivity index is 1.97. The molecule has 0 saturated heterocycles. The van der Waals surface area contributed by atoms with Crippen molar-refractivity contribution in [3.8, 4) is 5.75 Å². The average molecular weight is 263 g/mol. The number of benzene rings is 1. The molecule has 0 bridgehead atoms. The van der Waals surface area contributed by atoms with Gasteiger partial charge < -0.3 is 4.74 Å². The molecule has 2 rings (SSSR count). The zero-order valence-corrected chi connectivity index (χ0v) is 10.1. The van der Waals surface area contributed by atoms with E-state index in [0.29, 0.717) is 5.75 Å². The first-order valence-electron chi connectivity index (χ1n) is 5.12. The minimum Gasteiger partial charge on any atom is -0.426 e. The Bertz CT molecular complexity index is 548. The first kappa shape index (κ1) is 12.3. The van der Waals surface area contributed by atoms with Crippen molar-refractivity contribution in [3.05, 3.63) is 56.8 Å². The van der Waals surface area contributed by atoms with E-state index in [-0.39, 0.29) is 18.1 Å². The molecule has 18 heavy (non-hydrogen) atoms. The lowest BCUT2D eigenvalue weighted by Gasteiger charge is -2.02. The van der Waals surface area contributed by atoms with Crippen LogP contribution in [0.3, 0.4) is 0 Å². The van der Waals surface area contributed by atoms with Crippen LogP contribution in [0.2, 0.25) is 0 Å². The number of hydrogen-bond acceptors (Lipinski definition) is 5. The van der Waals surface area contributed by atoms with Crippen molar-refractivity contribution < 1.29 is 14.5 Å². The van der Waals surface area contributed by atoms with E-state index in [0.717, 1.165) is 4.88 Å². The highest BCUT2D eigenvalue weighted by atomic mass is 32.1. The van der Waals surface area contributed by atoms with Crippen LogP contribution in [0.4, 0.5) is 5.69 Å². The van der Waals surface area contributed by atoms with Gasteiger partial charge in [0.2, 0.25) is 0 Å². The zero-order valence-electron chi connectivity index (χ0n) is 9.24. The van der Waals surface area contributed by atoms with Gasteiger partial charge in [-0.2, -0.15) is 0 Å². The largest absolute Gasteiger partial charge is 0.426 e. The molecule has 6 heteroatoms. The maximum Gasteiger partial charge on any atom is 0.316 e. The number of non-ortho nitro benzene ring substituents is 1. The third-order valence-electron chi connectivity index (χ3n) is 2.18. The van der Waals surface area contributed by atoms with E-state index in [9.17, 15) is 14.9 Å². The van der Waals surface area contributed by atoms with Gasteiger partial charge in [0, 0.05) is 17.0 Å². The average Bonchev–Trinajstić information content (AvgIpc) is 2.82. The summed E-state index contributed by atoms with van der Waals surface area (Å²) in [5.74, 6) is -0.0755. The van der Waals surface area contributed by atoms with Crippen molar-refractivity contribution in [2.24, 2.45) is 0 Å². The monoisotopic (exact) mass is 263 g/mol. The fourth-order valence-electron chi connectivity index (χ4n) is 1.36. The Morgan fingerprint density at radius 3 is 2.56 bits per heavy atom. The number of ether oxygens (including phenoxy) is 1. The number of thiophene rings is 1. The summed E-state index contributed by atoms with van der Waals surface area (Å²) in [6, 6.07) is 9.12. The smallest absolute Gasteiger partial charge is 0.316 e. The first-order chi connectivity index (χ1) is 8.65. The highest BCUT2D eigenvalue weighted by Crippen LogP contribution is 2.18. The molecule has 0 aliphatic carbocycles. The van der Waals surface area contributed by atoms with Crippen LogP contribution in [0.15, 0.2) is 41.8 Å². The second-order valence-corrected chi connectivity index (χ2v) is 4.51. The zero-order chi connectivity index (χ0) is 13.0. The Kier molecular flexibility index (Phi) is 3.69. The molecule has 0 unspecified atom stereocenters. The van der Waals surface area contributed by atoms with Crippen molar-refractivity contribution >= 4 is 23.0 Å². The van der Waals surface area contributed by atoms with Crippen LogP contribution in [0.5, 0.6) is 5.75 Å². The summed E-state index contributed by atoms with van der Waals surface area (Å²) in [6.07, 6.45) is 0.203. The van der Waals surface area contributed by atoms with Crippen LogP contribution >= 0.6 is 11.3 Å². The van der Waals surface area contributed by atoms with E-state index in [2.05, 4.69) is 0 Å². The molecule has 0 amide bonds. The summed E-state index contributed by atoms with van der Waals surface area (Å²) < 4.78 is 5.07.